The summed E-state index contributed by atoms with van der Waals surface area (Å²) in [6, 6.07) is 7.47. The Balaban J connectivity index is 1.79. The minimum atomic E-state index is -1.04. The Morgan fingerprint density at radius 3 is 2.67 bits per heavy atom. The van der Waals surface area contributed by atoms with E-state index in [2.05, 4.69) is 15.5 Å². The summed E-state index contributed by atoms with van der Waals surface area (Å²) in [4.78, 5) is 22.8. The molecule has 0 aliphatic rings. The molecule has 21 heavy (non-hydrogen) atoms. The molecule has 0 atom stereocenters. The molecule has 1 heterocycles. The maximum atomic E-state index is 12.0. The van der Waals surface area contributed by atoms with Gasteiger partial charge in [-0.05, 0) is 13.3 Å². The third-order valence-electron chi connectivity index (χ3n) is 3.13. The van der Waals surface area contributed by atoms with Crippen LogP contribution in [0, 0.1) is 6.92 Å². The lowest BCUT2D eigenvalue weighted by Gasteiger charge is -2.05. The van der Waals surface area contributed by atoms with Crippen molar-refractivity contribution in [1.29, 1.82) is 0 Å². The molecule has 0 fully saturated rings. The quantitative estimate of drug-likeness (QED) is 0.537. The van der Waals surface area contributed by atoms with Crippen molar-refractivity contribution < 1.29 is 14.7 Å². The Bertz CT molecular complexity index is 632. The second-order valence-corrected chi connectivity index (χ2v) is 4.78. The van der Waals surface area contributed by atoms with Gasteiger partial charge in [0, 0.05) is 18.5 Å². The Morgan fingerprint density at radius 2 is 2.00 bits per heavy atom. The van der Waals surface area contributed by atoms with Crippen molar-refractivity contribution in [3.63, 3.8) is 0 Å². The van der Waals surface area contributed by atoms with E-state index < -0.39 is 5.97 Å². The molecular formula is C15H17N3O3. The van der Waals surface area contributed by atoms with Gasteiger partial charge in [0.05, 0.1) is 6.20 Å². The number of carbonyl (C=O) groups is 2. The van der Waals surface area contributed by atoms with Crippen LogP contribution in [0.25, 0.3) is 0 Å². The van der Waals surface area contributed by atoms with Gasteiger partial charge >= 0.3 is 5.97 Å². The topological polar surface area (TPSA) is 95.1 Å². The van der Waals surface area contributed by atoms with Crippen LogP contribution in [-0.2, 0) is 0 Å². The van der Waals surface area contributed by atoms with E-state index in [1.54, 1.807) is 0 Å². The first-order valence-electron chi connectivity index (χ1n) is 6.68. The lowest BCUT2D eigenvalue weighted by Crippen LogP contribution is -2.09. The summed E-state index contributed by atoms with van der Waals surface area (Å²) in [5.74, 6) is -0.591. The number of aromatic carboxylic acids is 1. The monoisotopic (exact) mass is 287 g/mol. The number of rotatable bonds is 7. The average Bonchev–Trinajstić information content (AvgIpc) is 2.92. The van der Waals surface area contributed by atoms with E-state index in [9.17, 15) is 9.59 Å². The van der Waals surface area contributed by atoms with Crippen LogP contribution in [0.3, 0.4) is 0 Å². The van der Waals surface area contributed by atoms with Gasteiger partial charge in [-0.1, -0.05) is 29.8 Å². The summed E-state index contributed by atoms with van der Waals surface area (Å²) in [7, 11) is 0. The number of benzene rings is 1. The van der Waals surface area contributed by atoms with Gasteiger partial charge in [-0.25, -0.2) is 4.79 Å². The van der Waals surface area contributed by atoms with E-state index >= 15 is 0 Å². The molecule has 0 bridgehead atoms. The van der Waals surface area contributed by atoms with E-state index in [1.165, 1.54) is 6.20 Å². The molecule has 0 unspecified atom stereocenters. The van der Waals surface area contributed by atoms with E-state index in [-0.39, 0.29) is 11.3 Å². The maximum Gasteiger partial charge on any atom is 0.341 e. The number of anilines is 1. The molecule has 0 spiro atoms. The lowest BCUT2D eigenvalue weighted by atomic mass is 10.1. The summed E-state index contributed by atoms with van der Waals surface area (Å²) in [6.45, 7) is 2.47. The summed E-state index contributed by atoms with van der Waals surface area (Å²) >= 11 is 0. The number of aromatic amines is 1. The van der Waals surface area contributed by atoms with Crippen molar-refractivity contribution in [3.05, 3.63) is 47.2 Å². The zero-order valence-corrected chi connectivity index (χ0v) is 11.7. The number of Topliss-reactive ketones (excluding diaryl/α,β-unsaturated/α-hetero) is 1. The molecule has 0 radical (unpaired) electrons. The summed E-state index contributed by atoms with van der Waals surface area (Å²) in [5, 5.41) is 18.1. The smallest absolute Gasteiger partial charge is 0.341 e. The lowest BCUT2D eigenvalue weighted by molar-refractivity contribution is 0.0697. The van der Waals surface area contributed by atoms with Crippen molar-refractivity contribution >= 4 is 17.6 Å². The molecule has 0 saturated heterocycles. The van der Waals surface area contributed by atoms with Gasteiger partial charge in [0.25, 0.3) is 0 Å². The third-order valence-corrected chi connectivity index (χ3v) is 3.13. The van der Waals surface area contributed by atoms with Gasteiger partial charge in [0.15, 0.2) is 5.78 Å². The Morgan fingerprint density at radius 1 is 1.29 bits per heavy atom. The SMILES string of the molecule is Cc1ccc(C(=O)CCCNc2[nH]ncc2C(=O)O)cc1. The number of hydrogen-bond acceptors (Lipinski definition) is 4. The number of nitrogens with one attached hydrogen (secondary N) is 2. The van der Waals surface area contributed by atoms with Crippen LogP contribution in [0.5, 0.6) is 0 Å². The molecule has 2 aromatic rings. The predicted molar refractivity (Wildman–Crippen MR) is 78.8 cm³/mol. The van der Waals surface area contributed by atoms with Gasteiger partial charge in [0.1, 0.15) is 11.4 Å². The van der Waals surface area contributed by atoms with Crippen LogP contribution in [0.15, 0.2) is 30.5 Å². The zero-order valence-electron chi connectivity index (χ0n) is 11.7. The van der Waals surface area contributed by atoms with Gasteiger partial charge in [-0.3, -0.25) is 9.89 Å². The molecule has 6 heteroatoms. The number of aromatic nitrogens is 2. The first-order valence-corrected chi connectivity index (χ1v) is 6.68. The standard InChI is InChI=1S/C15H17N3O3/c1-10-4-6-11(7-5-10)13(19)3-2-8-16-14-12(15(20)21)9-17-18-14/h4-7,9H,2-3,8H2,1H3,(H,20,21)(H2,16,17,18). The minimum Gasteiger partial charge on any atom is -0.477 e. The fourth-order valence-corrected chi connectivity index (χ4v) is 1.93. The summed E-state index contributed by atoms with van der Waals surface area (Å²) in [6.07, 6.45) is 2.28. The molecule has 3 N–H and O–H groups in total. The highest BCUT2D eigenvalue weighted by Crippen LogP contribution is 2.11. The van der Waals surface area contributed by atoms with Gasteiger partial charge < -0.3 is 10.4 Å². The fourth-order valence-electron chi connectivity index (χ4n) is 1.93. The molecule has 110 valence electrons. The van der Waals surface area contributed by atoms with Crippen LogP contribution in [0.2, 0.25) is 0 Å². The van der Waals surface area contributed by atoms with E-state index in [1.807, 2.05) is 31.2 Å². The number of carboxylic acids is 1. The first kappa shape index (κ1) is 14.8. The summed E-state index contributed by atoms with van der Waals surface area (Å²) in [5.41, 5.74) is 1.92. The molecule has 0 aliphatic heterocycles. The highest BCUT2D eigenvalue weighted by Gasteiger charge is 2.11. The Hall–Kier alpha value is -2.63. The number of H-pyrrole nitrogens is 1. The summed E-state index contributed by atoms with van der Waals surface area (Å²) < 4.78 is 0. The number of hydrogen-bond donors (Lipinski definition) is 3. The van der Waals surface area contributed by atoms with Gasteiger partial charge in [-0.15, -0.1) is 0 Å². The highest BCUT2D eigenvalue weighted by molar-refractivity contribution is 5.96. The number of ketones is 1. The van der Waals surface area contributed by atoms with Crippen LogP contribution in [0.1, 0.15) is 39.1 Å². The van der Waals surface area contributed by atoms with Crippen molar-refractivity contribution in [3.8, 4) is 0 Å². The van der Waals surface area contributed by atoms with Crippen molar-refractivity contribution in [2.75, 3.05) is 11.9 Å². The van der Waals surface area contributed by atoms with Crippen LogP contribution < -0.4 is 5.32 Å². The maximum absolute atomic E-state index is 12.0. The number of carbonyl (C=O) groups excluding carboxylic acids is 1. The Kier molecular flexibility index (Phi) is 4.71. The number of aryl methyl sites for hydroxylation is 1. The minimum absolute atomic E-state index is 0.0832. The Labute approximate surface area is 122 Å². The molecule has 0 amide bonds. The normalized spacial score (nSPS) is 10.3. The van der Waals surface area contributed by atoms with E-state index in [0.29, 0.717) is 30.8 Å². The number of nitrogens with zero attached hydrogens (tertiary/aromatic N) is 1. The van der Waals surface area contributed by atoms with Crippen LogP contribution in [-0.4, -0.2) is 33.6 Å². The molecular weight excluding hydrogens is 270 g/mol. The molecule has 2 rings (SSSR count). The van der Waals surface area contributed by atoms with E-state index in [4.69, 9.17) is 5.11 Å². The van der Waals surface area contributed by atoms with E-state index in [0.717, 1.165) is 5.56 Å². The molecule has 1 aromatic heterocycles. The van der Waals surface area contributed by atoms with Gasteiger partial charge in [0.2, 0.25) is 0 Å². The second-order valence-electron chi connectivity index (χ2n) is 4.78. The molecule has 1 aromatic carbocycles. The second kappa shape index (κ2) is 6.69. The average molecular weight is 287 g/mol. The van der Waals surface area contributed by atoms with Crippen molar-refractivity contribution in [2.24, 2.45) is 0 Å². The first-order chi connectivity index (χ1) is 10.1. The fraction of sp³-hybridized carbons (Fsp3) is 0.267. The number of carboxylic acid groups (broad SMARTS) is 1. The predicted octanol–water partition coefficient (Wildman–Crippen LogP) is 2.49. The highest BCUT2D eigenvalue weighted by atomic mass is 16.4. The van der Waals surface area contributed by atoms with Crippen LogP contribution >= 0.6 is 0 Å². The molecule has 6 nitrogen and oxygen atoms in total. The molecule has 0 saturated carbocycles. The van der Waals surface area contributed by atoms with Crippen molar-refractivity contribution in [1.82, 2.24) is 10.2 Å². The van der Waals surface area contributed by atoms with Crippen LogP contribution in [0.4, 0.5) is 5.82 Å². The zero-order chi connectivity index (χ0) is 15.2. The third kappa shape index (κ3) is 3.92. The molecule has 0 aliphatic carbocycles. The largest absolute Gasteiger partial charge is 0.477 e. The van der Waals surface area contributed by atoms with Gasteiger partial charge in [-0.2, -0.15) is 5.10 Å². The van der Waals surface area contributed by atoms with Crippen molar-refractivity contribution in [2.45, 2.75) is 19.8 Å².